The summed E-state index contributed by atoms with van der Waals surface area (Å²) >= 11 is 3.48. The SMILES string of the molecule is CCC(C)(C)C1CCC(NCc2cncc(Br)c2)CC1. The lowest BCUT2D eigenvalue weighted by molar-refractivity contribution is 0.137. The average molecular weight is 339 g/mol. The fraction of sp³-hybridized carbons (Fsp3) is 0.706. The van der Waals surface area contributed by atoms with Crippen LogP contribution in [0.4, 0.5) is 0 Å². The minimum atomic E-state index is 0.513. The van der Waals surface area contributed by atoms with E-state index in [4.69, 9.17) is 0 Å². The standard InChI is InChI=1S/C17H27BrN2/c1-4-17(2,3)14-5-7-16(8-6-14)20-11-13-9-15(18)12-19-10-13/h9-10,12,14,16,20H,4-8,11H2,1-3H3. The van der Waals surface area contributed by atoms with Gasteiger partial charge in [0.15, 0.2) is 0 Å². The summed E-state index contributed by atoms with van der Waals surface area (Å²) in [5.41, 5.74) is 1.77. The largest absolute Gasteiger partial charge is 0.310 e. The Balaban J connectivity index is 1.77. The normalized spacial score (nSPS) is 23.8. The van der Waals surface area contributed by atoms with Gasteiger partial charge in [0.25, 0.3) is 0 Å². The second-order valence-electron chi connectivity index (χ2n) is 6.78. The van der Waals surface area contributed by atoms with E-state index in [-0.39, 0.29) is 0 Å². The molecule has 0 atom stereocenters. The number of rotatable bonds is 5. The molecule has 20 heavy (non-hydrogen) atoms. The van der Waals surface area contributed by atoms with E-state index in [0.29, 0.717) is 11.5 Å². The van der Waals surface area contributed by atoms with Gasteiger partial charge in [-0.05, 0) is 64.6 Å². The minimum absolute atomic E-state index is 0.513. The summed E-state index contributed by atoms with van der Waals surface area (Å²) in [6, 6.07) is 2.82. The first kappa shape index (κ1) is 16.0. The number of pyridine rings is 1. The molecule has 0 spiro atoms. The Morgan fingerprint density at radius 3 is 2.55 bits per heavy atom. The molecule has 1 aliphatic rings. The van der Waals surface area contributed by atoms with Gasteiger partial charge in [-0.25, -0.2) is 0 Å². The van der Waals surface area contributed by atoms with E-state index in [2.05, 4.69) is 53.1 Å². The first-order valence-electron chi connectivity index (χ1n) is 7.84. The number of nitrogens with one attached hydrogen (secondary N) is 1. The molecule has 3 heteroatoms. The Bertz CT molecular complexity index is 423. The van der Waals surface area contributed by atoms with Crippen molar-refractivity contribution in [2.24, 2.45) is 11.3 Å². The van der Waals surface area contributed by atoms with Crippen LogP contribution >= 0.6 is 15.9 Å². The summed E-state index contributed by atoms with van der Waals surface area (Å²) in [5, 5.41) is 3.69. The Morgan fingerprint density at radius 1 is 1.25 bits per heavy atom. The molecule has 1 fully saturated rings. The van der Waals surface area contributed by atoms with Crippen molar-refractivity contribution in [3.63, 3.8) is 0 Å². The third kappa shape index (κ3) is 4.29. The molecular formula is C17H27BrN2. The van der Waals surface area contributed by atoms with Crippen LogP contribution in [0.1, 0.15) is 58.4 Å². The highest BCUT2D eigenvalue weighted by Crippen LogP contribution is 2.40. The molecular weight excluding hydrogens is 312 g/mol. The maximum absolute atomic E-state index is 4.22. The van der Waals surface area contributed by atoms with E-state index in [9.17, 15) is 0 Å². The molecule has 0 aromatic carbocycles. The van der Waals surface area contributed by atoms with Gasteiger partial charge in [0.05, 0.1) is 0 Å². The molecule has 2 rings (SSSR count). The molecule has 0 radical (unpaired) electrons. The Kier molecular flexibility index (Phi) is 5.62. The molecule has 112 valence electrons. The second-order valence-corrected chi connectivity index (χ2v) is 7.70. The number of halogens is 1. The van der Waals surface area contributed by atoms with Crippen LogP contribution in [0.3, 0.4) is 0 Å². The lowest BCUT2D eigenvalue weighted by Gasteiger charge is -2.39. The molecule has 1 saturated carbocycles. The van der Waals surface area contributed by atoms with Crippen LogP contribution in [-0.4, -0.2) is 11.0 Å². The third-order valence-corrected chi connectivity index (χ3v) is 5.53. The van der Waals surface area contributed by atoms with Crippen molar-refractivity contribution >= 4 is 15.9 Å². The zero-order chi connectivity index (χ0) is 14.6. The molecule has 0 bridgehead atoms. The summed E-state index contributed by atoms with van der Waals surface area (Å²) in [4.78, 5) is 4.22. The van der Waals surface area contributed by atoms with E-state index in [1.807, 2.05) is 12.4 Å². The molecule has 0 unspecified atom stereocenters. The lowest BCUT2D eigenvalue weighted by atomic mass is 9.69. The lowest BCUT2D eigenvalue weighted by Crippen LogP contribution is -2.36. The fourth-order valence-electron chi connectivity index (χ4n) is 3.18. The minimum Gasteiger partial charge on any atom is -0.310 e. The van der Waals surface area contributed by atoms with Crippen molar-refractivity contribution in [2.45, 2.75) is 65.5 Å². The summed E-state index contributed by atoms with van der Waals surface area (Å²) in [6.07, 6.45) is 10.4. The van der Waals surface area contributed by atoms with Crippen molar-refractivity contribution in [1.29, 1.82) is 0 Å². The summed E-state index contributed by atoms with van der Waals surface area (Å²) in [7, 11) is 0. The van der Waals surface area contributed by atoms with Crippen LogP contribution in [0, 0.1) is 11.3 Å². The number of nitrogens with zero attached hydrogens (tertiary/aromatic N) is 1. The van der Waals surface area contributed by atoms with Crippen molar-refractivity contribution in [3.8, 4) is 0 Å². The highest BCUT2D eigenvalue weighted by Gasteiger charge is 2.31. The van der Waals surface area contributed by atoms with Crippen molar-refractivity contribution in [3.05, 3.63) is 28.5 Å². The first-order chi connectivity index (χ1) is 9.51. The smallest absolute Gasteiger partial charge is 0.0410 e. The third-order valence-electron chi connectivity index (χ3n) is 5.10. The van der Waals surface area contributed by atoms with Crippen LogP contribution in [0.25, 0.3) is 0 Å². The Morgan fingerprint density at radius 2 is 1.95 bits per heavy atom. The van der Waals surface area contributed by atoms with Crippen LogP contribution in [0.15, 0.2) is 22.9 Å². The predicted molar refractivity (Wildman–Crippen MR) is 88.6 cm³/mol. The summed E-state index contributed by atoms with van der Waals surface area (Å²) in [6.45, 7) is 8.11. The van der Waals surface area contributed by atoms with Crippen molar-refractivity contribution in [2.75, 3.05) is 0 Å². The second kappa shape index (κ2) is 7.04. The number of hydrogen-bond donors (Lipinski definition) is 1. The van der Waals surface area contributed by atoms with E-state index in [1.54, 1.807) is 0 Å². The molecule has 1 heterocycles. The molecule has 0 aliphatic heterocycles. The van der Waals surface area contributed by atoms with E-state index >= 15 is 0 Å². The van der Waals surface area contributed by atoms with E-state index in [1.165, 1.54) is 37.7 Å². The molecule has 1 aromatic rings. The van der Waals surface area contributed by atoms with Gasteiger partial charge in [-0.3, -0.25) is 4.98 Å². The molecule has 1 aromatic heterocycles. The van der Waals surface area contributed by atoms with Gasteiger partial charge in [0.2, 0.25) is 0 Å². The summed E-state index contributed by atoms with van der Waals surface area (Å²) < 4.78 is 1.06. The average Bonchev–Trinajstić information content (AvgIpc) is 2.46. The topological polar surface area (TPSA) is 24.9 Å². The zero-order valence-electron chi connectivity index (χ0n) is 13.0. The first-order valence-corrected chi connectivity index (χ1v) is 8.63. The van der Waals surface area contributed by atoms with Gasteiger partial charge in [0, 0.05) is 29.5 Å². The fourth-order valence-corrected chi connectivity index (χ4v) is 3.59. The maximum Gasteiger partial charge on any atom is 0.0410 e. The predicted octanol–water partition coefficient (Wildman–Crippen LogP) is 4.93. The zero-order valence-corrected chi connectivity index (χ0v) is 14.5. The van der Waals surface area contributed by atoms with Crippen LogP contribution < -0.4 is 5.32 Å². The van der Waals surface area contributed by atoms with Gasteiger partial charge in [-0.1, -0.05) is 27.2 Å². The van der Waals surface area contributed by atoms with Crippen molar-refractivity contribution in [1.82, 2.24) is 10.3 Å². The quantitative estimate of drug-likeness (QED) is 0.823. The van der Waals surface area contributed by atoms with Gasteiger partial charge in [0.1, 0.15) is 0 Å². The maximum atomic E-state index is 4.22. The molecule has 0 saturated heterocycles. The van der Waals surface area contributed by atoms with Crippen LogP contribution in [0.5, 0.6) is 0 Å². The van der Waals surface area contributed by atoms with Crippen LogP contribution in [0.2, 0.25) is 0 Å². The van der Waals surface area contributed by atoms with Crippen LogP contribution in [-0.2, 0) is 6.54 Å². The summed E-state index contributed by atoms with van der Waals surface area (Å²) in [5.74, 6) is 0.901. The molecule has 1 aliphatic carbocycles. The number of hydrogen-bond acceptors (Lipinski definition) is 2. The van der Waals surface area contributed by atoms with Gasteiger partial charge >= 0.3 is 0 Å². The molecule has 0 amide bonds. The molecule has 2 nitrogen and oxygen atoms in total. The van der Waals surface area contributed by atoms with Gasteiger partial charge in [-0.15, -0.1) is 0 Å². The monoisotopic (exact) mass is 338 g/mol. The highest BCUT2D eigenvalue weighted by molar-refractivity contribution is 9.10. The Labute approximate surface area is 131 Å². The number of aromatic nitrogens is 1. The van der Waals surface area contributed by atoms with Crippen molar-refractivity contribution < 1.29 is 0 Å². The molecule has 1 N–H and O–H groups in total. The van der Waals surface area contributed by atoms with Gasteiger partial charge < -0.3 is 5.32 Å². The van der Waals surface area contributed by atoms with Gasteiger partial charge in [-0.2, -0.15) is 0 Å². The van der Waals surface area contributed by atoms with E-state index in [0.717, 1.165) is 16.9 Å². The van der Waals surface area contributed by atoms with E-state index < -0.39 is 0 Å². The highest BCUT2D eigenvalue weighted by atomic mass is 79.9. The Hall–Kier alpha value is -0.410.